The summed E-state index contributed by atoms with van der Waals surface area (Å²) in [4.78, 5) is 4.06. The van der Waals surface area contributed by atoms with Crippen LogP contribution in [0.4, 0.5) is 0 Å². The van der Waals surface area contributed by atoms with Crippen LogP contribution in [-0.2, 0) is 9.84 Å². The highest BCUT2D eigenvalue weighted by Gasteiger charge is 2.01. The van der Waals surface area contributed by atoms with E-state index in [-0.39, 0.29) is 12.3 Å². The minimum atomic E-state index is -2.96. The standard InChI is InChI=1S/C9H17N3O2S/c1-4-6-11-9(10-5-2)12-7-8-15(3,13)14/h1H,5-8H2,2-3H3,(H2,10,11,12). The molecule has 0 heterocycles. The fraction of sp³-hybridized carbons (Fsp3) is 0.667. The van der Waals surface area contributed by atoms with E-state index in [0.717, 1.165) is 0 Å². The second kappa shape index (κ2) is 7.12. The van der Waals surface area contributed by atoms with E-state index in [1.54, 1.807) is 0 Å². The van der Waals surface area contributed by atoms with Crippen molar-refractivity contribution in [1.29, 1.82) is 0 Å². The molecule has 15 heavy (non-hydrogen) atoms. The van der Waals surface area contributed by atoms with Gasteiger partial charge in [0.25, 0.3) is 0 Å². The lowest BCUT2D eigenvalue weighted by Gasteiger charge is -2.08. The first-order valence-electron chi connectivity index (χ1n) is 4.63. The van der Waals surface area contributed by atoms with Gasteiger partial charge in [0.05, 0.1) is 18.8 Å². The van der Waals surface area contributed by atoms with Gasteiger partial charge in [-0.15, -0.1) is 6.42 Å². The predicted molar refractivity (Wildman–Crippen MR) is 62.5 cm³/mol. The second-order valence-corrected chi connectivity index (χ2v) is 5.21. The molecule has 0 aliphatic carbocycles. The Morgan fingerprint density at radius 1 is 1.47 bits per heavy atom. The molecule has 5 nitrogen and oxygen atoms in total. The molecule has 0 aromatic heterocycles. The van der Waals surface area contributed by atoms with Crippen LogP contribution < -0.4 is 10.6 Å². The number of guanidine groups is 1. The Labute approximate surface area is 91.3 Å². The van der Waals surface area contributed by atoms with Gasteiger partial charge in [-0.3, -0.25) is 4.99 Å². The van der Waals surface area contributed by atoms with Gasteiger partial charge in [0.2, 0.25) is 0 Å². The maximum absolute atomic E-state index is 10.8. The fourth-order valence-electron chi connectivity index (χ4n) is 0.800. The summed E-state index contributed by atoms with van der Waals surface area (Å²) in [5, 5.41) is 5.82. The Kier molecular flexibility index (Phi) is 6.54. The smallest absolute Gasteiger partial charge is 0.192 e. The Morgan fingerprint density at radius 3 is 2.60 bits per heavy atom. The number of hydrogen-bond donors (Lipinski definition) is 2. The van der Waals surface area contributed by atoms with Crippen molar-refractivity contribution >= 4 is 15.8 Å². The number of nitrogens with zero attached hydrogens (tertiary/aromatic N) is 1. The molecule has 0 spiro atoms. The van der Waals surface area contributed by atoms with E-state index in [4.69, 9.17) is 6.42 Å². The van der Waals surface area contributed by atoms with Crippen LogP contribution in [0.5, 0.6) is 0 Å². The van der Waals surface area contributed by atoms with E-state index in [9.17, 15) is 8.42 Å². The second-order valence-electron chi connectivity index (χ2n) is 2.95. The van der Waals surface area contributed by atoms with Crippen molar-refractivity contribution in [2.75, 3.05) is 31.6 Å². The highest BCUT2D eigenvalue weighted by atomic mass is 32.2. The SMILES string of the molecule is C#CCNC(=NCCS(C)(=O)=O)NCC. The largest absolute Gasteiger partial charge is 0.357 e. The Balaban J connectivity index is 4.11. The zero-order valence-electron chi connectivity index (χ0n) is 9.08. The zero-order valence-corrected chi connectivity index (χ0v) is 9.89. The molecule has 0 fully saturated rings. The van der Waals surface area contributed by atoms with Crippen LogP contribution in [0.25, 0.3) is 0 Å². The van der Waals surface area contributed by atoms with Gasteiger partial charge in [-0.25, -0.2) is 8.42 Å². The van der Waals surface area contributed by atoms with Crippen LogP contribution in [0.2, 0.25) is 0 Å². The molecule has 0 aromatic rings. The summed E-state index contributed by atoms with van der Waals surface area (Å²) >= 11 is 0. The first-order valence-corrected chi connectivity index (χ1v) is 6.69. The van der Waals surface area contributed by atoms with Crippen molar-refractivity contribution in [2.45, 2.75) is 6.92 Å². The molecule has 0 radical (unpaired) electrons. The summed E-state index contributed by atoms with van der Waals surface area (Å²) in [5.41, 5.74) is 0. The topological polar surface area (TPSA) is 70.6 Å². The summed E-state index contributed by atoms with van der Waals surface area (Å²) in [5.74, 6) is 3.00. The van der Waals surface area contributed by atoms with Crippen LogP contribution in [0.15, 0.2) is 4.99 Å². The molecule has 0 amide bonds. The van der Waals surface area contributed by atoms with Crippen molar-refractivity contribution < 1.29 is 8.42 Å². The Bertz CT molecular complexity index is 341. The summed E-state index contributed by atoms with van der Waals surface area (Å²) < 4.78 is 21.7. The van der Waals surface area contributed by atoms with E-state index < -0.39 is 9.84 Å². The third-order valence-corrected chi connectivity index (χ3v) is 2.36. The average Bonchev–Trinajstić information content (AvgIpc) is 2.12. The maximum atomic E-state index is 10.8. The van der Waals surface area contributed by atoms with Crippen LogP contribution in [-0.4, -0.2) is 46.0 Å². The number of hydrogen-bond acceptors (Lipinski definition) is 3. The maximum Gasteiger partial charge on any atom is 0.192 e. The molecule has 0 aromatic carbocycles. The number of nitrogens with one attached hydrogen (secondary N) is 2. The molecule has 0 saturated carbocycles. The van der Waals surface area contributed by atoms with Gasteiger partial charge in [-0.1, -0.05) is 5.92 Å². The molecule has 0 aliphatic rings. The zero-order chi connectivity index (χ0) is 11.7. The van der Waals surface area contributed by atoms with Crippen LogP contribution in [0.1, 0.15) is 6.92 Å². The van der Waals surface area contributed by atoms with Gasteiger partial charge in [0, 0.05) is 12.8 Å². The lowest BCUT2D eigenvalue weighted by Crippen LogP contribution is -2.37. The van der Waals surface area contributed by atoms with Crippen LogP contribution in [0, 0.1) is 12.3 Å². The molecule has 0 atom stereocenters. The van der Waals surface area contributed by atoms with Crippen LogP contribution in [0.3, 0.4) is 0 Å². The third-order valence-electron chi connectivity index (χ3n) is 1.43. The van der Waals surface area contributed by atoms with Crippen molar-refractivity contribution in [1.82, 2.24) is 10.6 Å². The van der Waals surface area contributed by atoms with Crippen molar-refractivity contribution in [2.24, 2.45) is 4.99 Å². The first-order chi connectivity index (χ1) is 6.99. The number of sulfone groups is 1. The number of terminal acetylenes is 1. The van der Waals surface area contributed by atoms with E-state index in [0.29, 0.717) is 19.0 Å². The molecular weight excluding hydrogens is 214 g/mol. The monoisotopic (exact) mass is 231 g/mol. The summed E-state index contributed by atoms with van der Waals surface area (Å²) in [6, 6.07) is 0. The van der Waals surface area contributed by atoms with E-state index in [1.165, 1.54) is 6.26 Å². The Morgan fingerprint density at radius 2 is 2.13 bits per heavy atom. The first kappa shape index (κ1) is 13.8. The average molecular weight is 231 g/mol. The molecule has 0 unspecified atom stereocenters. The Hall–Kier alpha value is -1.22. The third kappa shape index (κ3) is 9.09. The molecule has 0 rings (SSSR count). The molecule has 2 N–H and O–H groups in total. The van der Waals surface area contributed by atoms with Gasteiger partial charge in [0.15, 0.2) is 5.96 Å². The van der Waals surface area contributed by atoms with Gasteiger partial charge < -0.3 is 10.6 Å². The molecule has 86 valence electrons. The minimum absolute atomic E-state index is 0.0413. The predicted octanol–water partition coefficient (Wildman–Crippen LogP) is -0.781. The number of rotatable bonds is 5. The van der Waals surface area contributed by atoms with Crippen LogP contribution >= 0.6 is 0 Å². The van der Waals surface area contributed by atoms with E-state index >= 15 is 0 Å². The normalized spacial score (nSPS) is 11.9. The van der Waals surface area contributed by atoms with E-state index in [1.807, 2.05) is 6.92 Å². The van der Waals surface area contributed by atoms with Gasteiger partial charge in [0.1, 0.15) is 9.84 Å². The van der Waals surface area contributed by atoms with E-state index in [2.05, 4.69) is 21.5 Å². The van der Waals surface area contributed by atoms with Gasteiger partial charge in [-0.2, -0.15) is 0 Å². The van der Waals surface area contributed by atoms with Crippen molar-refractivity contribution in [3.05, 3.63) is 0 Å². The molecule has 0 bridgehead atoms. The fourth-order valence-corrected chi connectivity index (χ4v) is 1.22. The van der Waals surface area contributed by atoms with Crippen molar-refractivity contribution in [3.8, 4) is 12.3 Å². The highest BCUT2D eigenvalue weighted by Crippen LogP contribution is 1.83. The lowest BCUT2D eigenvalue weighted by atomic mass is 10.6. The summed E-state index contributed by atoms with van der Waals surface area (Å²) in [6.07, 6.45) is 6.26. The summed E-state index contributed by atoms with van der Waals surface area (Å²) in [6.45, 7) is 3.22. The molecule has 0 aliphatic heterocycles. The van der Waals surface area contributed by atoms with Crippen molar-refractivity contribution in [3.63, 3.8) is 0 Å². The number of aliphatic imine (C=N–C) groups is 1. The minimum Gasteiger partial charge on any atom is -0.357 e. The molecule has 6 heteroatoms. The molecular formula is C9H17N3O2S. The summed E-state index contributed by atoms with van der Waals surface area (Å²) in [7, 11) is -2.96. The lowest BCUT2D eigenvalue weighted by molar-refractivity contribution is 0.601. The molecule has 0 saturated heterocycles. The van der Waals surface area contributed by atoms with Gasteiger partial charge in [-0.05, 0) is 6.92 Å². The van der Waals surface area contributed by atoms with Gasteiger partial charge >= 0.3 is 0 Å². The highest BCUT2D eigenvalue weighted by molar-refractivity contribution is 7.90. The quantitative estimate of drug-likeness (QED) is 0.370.